The quantitative estimate of drug-likeness (QED) is 0.461. The molecule has 5 nitrogen and oxygen atoms in total. The average Bonchev–Trinajstić information content (AvgIpc) is 2.86. The molecular formula is C28H29BrN2O3. The van der Waals surface area contributed by atoms with Gasteiger partial charge < -0.3 is 14.5 Å². The van der Waals surface area contributed by atoms with E-state index in [-0.39, 0.29) is 17.9 Å². The van der Waals surface area contributed by atoms with Crippen LogP contribution in [-0.2, 0) is 6.42 Å². The maximum Gasteiger partial charge on any atom is 0.257 e. The zero-order valence-corrected chi connectivity index (χ0v) is 20.9. The number of halogens is 1. The van der Waals surface area contributed by atoms with Crippen LogP contribution in [0.4, 0.5) is 0 Å². The molecule has 1 aliphatic rings. The van der Waals surface area contributed by atoms with Gasteiger partial charge in [-0.2, -0.15) is 0 Å². The Morgan fingerprint density at radius 2 is 1.62 bits per heavy atom. The number of fused-ring (bicyclic) bond motifs is 1. The third kappa shape index (κ3) is 5.68. The Kier molecular flexibility index (Phi) is 8.01. The van der Waals surface area contributed by atoms with Crippen molar-refractivity contribution in [2.45, 2.75) is 25.3 Å². The average molecular weight is 521 g/mol. The number of carbonyl (C=O) groups is 2. The normalized spacial score (nSPS) is 17.2. The number of nitrogens with zero attached hydrogens (tertiary/aromatic N) is 2. The van der Waals surface area contributed by atoms with Crippen LogP contribution in [0.2, 0.25) is 0 Å². The van der Waals surface area contributed by atoms with Gasteiger partial charge in [0.1, 0.15) is 12.4 Å². The first kappa shape index (κ1) is 24.0. The van der Waals surface area contributed by atoms with Crippen LogP contribution < -0.4 is 4.74 Å². The molecule has 0 unspecified atom stereocenters. The van der Waals surface area contributed by atoms with Crippen molar-refractivity contribution < 1.29 is 14.3 Å². The first-order valence-electron chi connectivity index (χ1n) is 11.6. The van der Waals surface area contributed by atoms with Crippen LogP contribution in [0.1, 0.15) is 39.1 Å². The van der Waals surface area contributed by atoms with E-state index >= 15 is 0 Å². The molecule has 1 aliphatic heterocycles. The molecule has 0 saturated carbocycles. The van der Waals surface area contributed by atoms with E-state index in [1.165, 1.54) is 0 Å². The van der Waals surface area contributed by atoms with E-state index in [1.807, 2.05) is 72.6 Å². The molecule has 0 radical (unpaired) electrons. The second kappa shape index (κ2) is 11.3. The molecule has 0 bridgehead atoms. The van der Waals surface area contributed by atoms with Crippen molar-refractivity contribution in [3.05, 3.63) is 100 Å². The highest BCUT2D eigenvalue weighted by atomic mass is 79.9. The maximum atomic E-state index is 13.8. The summed E-state index contributed by atoms with van der Waals surface area (Å²) in [6, 6.07) is 24.8. The van der Waals surface area contributed by atoms with Crippen LogP contribution in [0.15, 0.2) is 83.3 Å². The molecule has 3 aromatic carbocycles. The summed E-state index contributed by atoms with van der Waals surface area (Å²) in [6.45, 7) is 1.50. The summed E-state index contributed by atoms with van der Waals surface area (Å²) in [5, 5.41) is 0. The third-order valence-electron chi connectivity index (χ3n) is 6.16. The van der Waals surface area contributed by atoms with Crippen molar-refractivity contribution in [1.82, 2.24) is 9.80 Å². The maximum absolute atomic E-state index is 13.8. The number of ether oxygens (including phenoxy) is 1. The highest BCUT2D eigenvalue weighted by Gasteiger charge is 2.28. The van der Waals surface area contributed by atoms with Gasteiger partial charge in [0.25, 0.3) is 11.8 Å². The fraction of sp³-hybridized carbons (Fsp3) is 0.286. The Labute approximate surface area is 209 Å². The van der Waals surface area contributed by atoms with Crippen molar-refractivity contribution >= 4 is 27.7 Å². The zero-order valence-electron chi connectivity index (χ0n) is 19.3. The van der Waals surface area contributed by atoms with Crippen LogP contribution in [0, 0.1) is 0 Å². The molecule has 0 spiro atoms. The number of carbonyl (C=O) groups excluding carboxylic acids is 2. The number of rotatable bonds is 3. The first-order chi connectivity index (χ1) is 16.5. The number of para-hydroxylation sites is 1. The summed E-state index contributed by atoms with van der Waals surface area (Å²) in [4.78, 5) is 30.4. The summed E-state index contributed by atoms with van der Waals surface area (Å²) < 4.78 is 7.04. The van der Waals surface area contributed by atoms with E-state index in [9.17, 15) is 9.59 Å². The van der Waals surface area contributed by atoms with E-state index in [2.05, 4.69) is 28.1 Å². The van der Waals surface area contributed by atoms with E-state index in [4.69, 9.17) is 4.74 Å². The van der Waals surface area contributed by atoms with Crippen molar-refractivity contribution in [2.75, 3.05) is 26.7 Å². The summed E-state index contributed by atoms with van der Waals surface area (Å²) in [6.07, 6.45) is 2.26. The van der Waals surface area contributed by atoms with Gasteiger partial charge in [-0.05, 0) is 65.0 Å². The van der Waals surface area contributed by atoms with Crippen LogP contribution >= 0.6 is 15.9 Å². The number of hydrogen-bond acceptors (Lipinski definition) is 3. The van der Waals surface area contributed by atoms with Gasteiger partial charge in [-0.25, -0.2) is 0 Å². The first-order valence-corrected chi connectivity index (χ1v) is 12.4. The Bertz CT molecular complexity index is 1140. The highest BCUT2D eigenvalue weighted by molar-refractivity contribution is 9.10. The van der Waals surface area contributed by atoms with Crippen molar-refractivity contribution in [1.29, 1.82) is 0 Å². The second-order valence-electron chi connectivity index (χ2n) is 8.56. The molecule has 0 aliphatic carbocycles. The lowest BCUT2D eigenvalue weighted by Gasteiger charge is -2.33. The molecule has 3 aromatic rings. The Hall–Kier alpha value is -3.12. The van der Waals surface area contributed by atoms with Gasteiger partial charge in [0.15, 0.2) is 0 Å². The van der Waals surface area contributed by atoms with Crippen molar-refractivity contribution in [3.8, 4) is 5.75 Å². The third-order valence-corrected chi connectivity index (χ3v) is 6.85. The fourth-order valence-corrected chi connectivity index (χ4v) is 4.73. The Morgan fingerprint density at radius 1 is 0.941 bits per heavy atom. The second-order valence-corrected chi connectivity index (χ2v) is 9.42. The SMILES string of the molecule is CN1CCCCN(C(=O)c2ccccc2Br)[C@H](Cc2ccccc2)COc2ccccc2C1=O. The zero-order chi connectivity index (χ0) is 23.9. The van der Waals surface area contributed by atoms with Crippen molar-refractivity contribution in [3.63, 3.8) is 0 Å². The monoisotopic (exact) mass is 520 g/mol. The van der Waals surface area contributed by atoms with Gasteiger partial charge in [0, 0.05) is 24.6 Å². The lowest BCUT2D eigenvalue weighted by Crippen LogP contribution is -2.46. The van der Waals surface area contributed by atoms with Crippen LogP contribution in [-0.4, -0.2) is 54.4 Å². The minimum Gasteiger partial charge on any atom is -0.491 e. The van der Waals surface area contributed by atoms with Crippen molar-refractivity contribution in [2.24, 2.45) is 0 Å². The molecular weight excluding hydrogens is 492 g/mol. The molecule has 1 heterocycles. The van der Waals surface area contributed by atoms with E-state index in [1.54, 1.807) is 11.0 Å². The van der Waals surface area contributed by atoms with Crippen LogP contribution in [0.3, 0.4) is 0 Å². The highest BCUT2D eigenvalue weighted by Crippen LogP contribution is 2.24. The standard InChI is InChI=1S/C28H29BrN2O3/c1-30-17-9-10-18-31(28(33)23-13-5-7-15-25(23)29)22(19-21-11-3-2-4-12-21)20-34-26-16-8-6-14-24(26)27(30)32/h2-8,11-16,22H,9-10,17-20H2,1H3/t22-/m1/s1. The summed E-state index contributed by atoms with van der Waals surface area (Å²) in [5.41, 5.74) is 2.32. The topological polar surface area (TPSA) is 49.9 Å². The summed E-state index contributed by atoms with van der Waals surface area (Å²) in [5.74, 6) is 0.481. The molecule has 2 amide bonds. The van der Waals surface area contributed by atoms with Gasteiger partial charge in [0.05, 0.1) is 17.2 Å². The predicted molar refractivity (Wildman–Crippen MR) is 137 cm³/mol. The van der Waals surface area contributed by atoms with Gasteiger partial charge in [0.2, 0.25) is 0 Å². The Balaban J connectivity index is 1.70. The van der Waals surface area contributed by atoms with Gasteiger partial charge in [-0.15, -0.1) is 0 Å². The van der Waals surface area contributed by atoms with Crippen LogP contribution in [0.25, 0.3) is 0 Å². The van der Waals surface area contributed by atoms with Gasteiger partial charge in [-0.3, -0.25) is 9.59 Å². The van der Waals surface area contributed by atoms with Crippen LogP contribution in [0.5, 0.6) is 5.75 Å². The summed E-state index contributed by atoms with van der Waals surface area (Å²) in [7, 11) is 1.81. The molecule has 4 rings (SSSR count). The molecule has 0 saturated heterocycles. The molecule has 0 aromatic heterocycles. The molecule has 34 heavy (non-hydrogen) atoms. The van der Waals surface area contributed by atoms with E-state index < -0.39 is 0 Å². The van der Waals surface area contributed by atoms with E-state index in [0.717, 1.165) is 22.9 Å². The molecule has 1 atom stereocenters. The lowest BCUT2D eigenvalue weighted by molar-refractivity contribution is 0.0589. The van der Waals surface area contributed by atoms with Gasteiger partial charge >= 0.3 is 0 Å². The molecule has 176 valence electrons. The minimum atomic E-state index is -0.192. The largest absolute Gasteiger partial charge is 0.491 e. The minimum absolute atomic E-state index is 0.0215. The van der Waals surface area contributed by atoms with Gasteiger partial charge in [-0.1, -0.05) is 54.6 Å². The number of benzene rings is 3. The lowest BCUT2D eigenvalue weighted by atomic mass is 10.0. The molecule has 6 heteroatoms. The number of hydrogen-bond donors (Lipinski definition) is 0. The molecule has 0 N–H and O–H groups in total. The molecule has 0 fully saturated rings. The fourth-order valence-electron chi connectivity index (χ4n) is 4.28. The predicted octanol–water partition coefficient (Wildman–Crippen LogP) is 5.45. The smallest absolute Gasteiger partial charge is 0.257 e. The number of amides is 2. The Morgan fingerprint density at radius 3 is 2.41 bits per heavy atom. The summed E-state index contributed by atoms with van der Waals surface area (Å²) >= 11 is 3.55. The van der Waals surface area contributed by atoms with E-state index in [0.29, 0.717) is 43.0 Å².